The second-order valence-electron chi connectivity index (χ2n) is 32.7. The van der Waals surface area contributed by atoms with Gasteiger partial charge in [-0.2, -0.15) is 0 Å². The fourth-order valence-electron chi connectivity index (χ4n) is 17.8. The number of anilines is 3. The first-order valence-corrected chi connectivity index (χ1v) is 42.9. The third kappa shape index (κ3) is 23.4. The van der Waals surface area contributed by atoms with Crippen LogP contribution in [-0.4, -0.2) is 241 Å². The minimum absolute atomic E-state index is 0.00339. The first kappa shape index (κ1) is 94.8. The lowest BCUT2D eigenvalue weighted by Crippen LogP contribution is -2.71. The van der Waals surface area contributed by atoms with Crippen LogP contribution in [0.3, 0.4) is 0 Å². The highest BCUT2D eigenvalue weighted by atomic mass is 19.1. The zero-order chi connectivity index (χ0) is 88.4. The van der Waals surface area contributed by atoms with Crippen LogP contribution < -0.4 is 47.3 Å². The molecular formula is C90H119F2N11O21. The van der Waals surface area contributed by atoms with Crippen LogP contribution in [0, 0.1) is 34.5 Å². The van der Waals surface area contributed by atoms with E-state index in [1.165, 1.54) is 19.1 Å². The van der Waals surface area contributed by atoms with E-state index in [0.29, 0.717) is 93.8 Å². The van der Waals surface area contributed by atoms with E-state index in [4.69, 9.17) is 57.8 Å². The van der Waals surface area contributed by atoms with E-state index in [9.17, 15) is 48.3 Å². The monoisotopic (exact) mass is 1730 g/mol. The third-order valence-corrected chi connectivity index (χ3v) is 24.1. The predicted octanol–water partition coefficient (Wildman–Crippen LogP) is 8.79. The quantitative estimate of drug-likeness (QED) is 0.0168. The molecule has 4 aliphatic carbocycles. The Morgan fingerprint density at radius 3 is 2.03 bits per heavy atom. The molecule has 124 heavy (non-hydrogen) atoms. The van der Waals surface area contributed by atoms with Crippen LogP contribution in [0.5, 0.6) is 5.75 Å². The van der Waals surface area contributed by atoms with E-state index in [1.54, 1.807) is 78.9 Å². The van der Waals surface area contributed by atoms with E-state index in [0.717, 1.165) is 35.0 Å². The van der Waals surface area contributed by atoms with Gasteiger partial charge in [-0.05, 0) is 136 Å². The second-order valence-corrected chi connectivity index (χ2v) is 32.7. The summed E-state index contributed by atoms with van der Waals surface area (Å²) in [5, 5.41) is 37.8. The summed E-state index contributed by atoms with van der Waals surface area (Å²) in [4.78, 5) is 122. The summed E-state index contributed by atoms with van der Waals surface area (Å²) in [7, 11) is 1.87. The number of nitrogens with one attached hydrogen (secondary N) is 6. The number of ketones is 3. The lowest BCUT2D eigenvalue weighted by atomic mass is 9.44. The van der Waals surface area contributed by atoms with Gasteiger partial charge in [0.25, 0.3) is 0 Å². The van der Waals surface area contributed by atoms with Crippen molar-refractivity contribution in [3.63, 3.8) is 0 Å². The smallest absolute Gasteiger partial charge is 0.411 e. The number of hydrogen-bond acceptors (Lipinski definition) is 24. The van der Waals surface area contributed by atoms with Gasteiger partial charge in [0.05, 0.1) is 135 Å². The molecule has 0 radical (unpaired) electrons. The van der Waals surface area contributed by atoms with Crippen molar-refractivity contribution >= 4 is 70.2 Å². The molecule has 1 unspecified atom stereocenters. The van der Waals surface area contributed by atoms with E-state index >= 15 is 8.78 Å². The maximum atomic E-state index is 18.0. The predicted molar refractivity (Wildman–Crippen MR) is 453 cm³/mol. The van der Waals surface area contributed by atoms with E-state index in [1.807, 2.05) is 62.5 Å². The largest absolute Gasteiger partial charge is 0.486 e. The number of alkyl halides is 2. The zero-order valence-corrected chi connectivity index (χ0v) is 71.5. The number of hydrogen-bond donors (Lipinski definition) is 8. The van der Waals surface area contributed by atoms with Gasteiger partial charge in [-0.1, -0.05) is 100 Å². The summed E-state index contributed by atoms with van der Waals surface area (Å²) >= 11 is 0. The van der Waals surface area contributed by atoms with Gasteiger partial charge in [0.15, 0.2) is 29.1 Å². The first-order chi connectivity index (χ1) is 59.8. The number of benzene rings is 4. The molecule has 11 rings (SSSR count). The Kier molecular flexibility index (Phi) is 34.7. The number of primary amides is 1. The molecule has 5 aromatic rings. The molecule has 3 heterocycles. The van der Waals surface area contributed by atoms with Crippen LogP contribution in [0.1, 0.15) is 116 Å². The molecule has 1 aromatic heterocycles. The topological polar surface area (TPSA) is 408 Å². The molecule has 3 saturated carbocycles. The van der Waals surface area contributed by atoms with Gasteiger partial charge in [-0.15, -0.1) is 5.10 Å². The van der Waals surface area contributed by atoms with Gasteiger partial charge >= 0.3 is 12.1 Å². The molecule has 4 aromatic carbocycles. The van der Waals surface area contributed by atoms with Crippen molar-refractivity contribution in [3.05, 3.63) is 132 Å². The van der Waals surface area contributed by atoms with Gasteiger partial charge in [-0.25, -0.2) is 23.1 Å². The lowest BCUT2D eigenvalue weighted by molar-refractivity contribution is -0.234. The molecule has 12 atom stereocenters. The Hall–Kier alpha value is -9.85. The summed E-state index contributed by atoms with van der Waals surface area (Å²) in [5.74, 6) is -5.33. The normalized spacial score (nSPS) is 23.2. The van der Waals surface area contributed by atoms with Crippen LogP contribution >= 0.6 is 0 Å². The molecule has 0 bridgehead atoms. The number of likely N-dealkylation sites (N-methyl/N-ethyl adjacent to an activating group) is 1. The summed E-state index contributed by atoms with van der Waals surface area (Å²) in [6.45, 7) is 14.6. The first-order valence-electron chi connectivity index (χ1n) is 42.9. The summed E-state index contributed by atoms with van der Waals surface area (Å²) in [5.41, 5.74) is 4.43. The minimum Gasteiger partial charge on any atom is -0.486 e. The van der Waals surface area contributed by atoms with Gasteiger partial charge < -0.3 is 94.4 Å². The SMILES string of the molecule is CCCC1O[C@@H]2C[C@H]3[C@@H]4C[C@H](F)C5=CC(=O)C=C[C@]5(C)[C@@]4(F)[C@@H](O)C[C@]3(C)[C@]2(C(=O)COc2ccc(NC(=O)OCc3ccc(NC(=O)[C@H](CCCNC(N)=O)CC(=O)[C@@H](NC(=O)CCOCCOCCOCCOCCNC(=O)CCC(=O)N4Cc5ccccc5-c5nnn(CCOCCOCCOCCNC)c5-c5ccccc54)C(C)C)cc3)cc2)O1. The fraction of sp³-hybridized carbons (Fsp3) is 0.567. The van der Waals surface area contributed by atoms with Crippen molar-refractivity contribution in [3.8, 4) is 28.3 Å². The maximum Gasteiger partial charge on any atom is 0.411 e. The number of fused-ring (bicyclic) bond motifs is 12. The summed E-state index contributed by atoms with van der Waals surface area (Å²) < 4.78 is 100. The van der Waals surface area contributed by atoms with Gasteiger partial charge in [-0.3, -0.25) is 38.9 Å². The Balaban J connectivity index is 0.539. The minimum atomic E-state index is -2.36. The van der Waals surface area contributed by atoms with Gasteiger partial charge in [0.2, 0.25) is 29.4 Å². The van der Waals surface area contributed by atoms with E-state index in [-0.39, 0.29) is 165 Å². The number of aliphatic hydroxyl groups is 1. The summed E-state index contributed by atoms with van der Waals surface area (Å²) in [6, 6.07) is 26.5. The molecular weight excluding hydrogens is 1610 g/mol. The molecule has 7 amide bonds. The second kappa shape index (κ2) is 45.3. The molecule has 6 aliphatic rings. The van der Waals surface area contributed by atoms with Gasteiger partial charge in [0.1, 0.15) is 30.8 Å². The number of urea groups is 1. The van der Waals surface area contributed by atoms with Crippen LogP contribution in [0.25, 0.3) is 22.5 Å². The number of nitrogens with zero attached hydrogens (tertiary/aromatic N) is 4. The highest BCUT2D eigenvalue weighted by Gasteiger charge is 2.80. The maximum absolute atomic E-state index is 18.0. The van der Waals surface area contributed by atoms with Crippen LogP contribution in [0.4, 0.5) is 35.4 Å². The number of carbonyl (C=O) groups is 9. The average Bonchev–Trinajstić information content (AvgIpc) is 1.46. The molecule has 9 N–H and O–H groups in total. The van der Waals surface area contributed by atoms with Crippen molar-refractivity contribution in [2.75, 3.05) is 141 Å². The number of para-hydroxylation sites is 1. The molecule has 2 aliphatic heterocycles. The third-order valence-electron chi connectivity index (χ3n) is 24.1. The van der Waals surface area contributed by atoms with Crippen LogP contribution in [-0.2, 0) is 101 Å². The summed E-state index contributed by atoms with van der Waals surface area (Å²) in [6.07, 6.45) is -0.942. The Morgan fingerprint density at radius 2 is 1.35 bits per heavy atom. The Morgan fingerprint density at radius 1 is 0.718 bits per heavy atom. The number of nitrogens with two attached hydrogens (primary N) is 1. The average molecular weight is 1730 g/mol. The van der Waals surface area contributed by atoms with E-state index in [2.05, 4.69) is 42.2 Å². The van der Waals surface area contributed by atoms with E-state index < -0.39 is 113 Å². The number of aliphatic hydroxyl groups excluding tert-OH is 1. The lowest BCUT2D eigenvalue weighted by Gasteiger charge is -2.63. The van der Waals surface area contributed by atoms with Crippen molar-refractivity contribution in [2.45, 2.75) is 167 Å². The fourth-order valence-corrected chi connectivity index (χ4v) is 17.8. The van der Waals surface area contributed by atoms with Gasteiger partial charge in [0, 0.05) is 90.5 Å². The van der Waals surface area contributed by atoms with Crippen molar-refractivity contribution < 1.29 is 109 Å². The van der Waals surface area contributed by atoms with Crippen molar-refractivity contribution in [1.82, 2.24) is 36.3 Å². The molecule has 0 spiro atoms. The van der Waals surface area contributed by atoms with Crippen molar-refractivity contribution in [1.29, 1.82) is 0 Å². The number of halogens is 2. The number of carbonyl (C=O) groups excluding carboxylic acids is 9. The van der Waals surface area contributed by atoms with Crippen LogP contribution in [0.15, 0.2) is 121 Å². The number of ether oxygens (including phenoxy) is 11. The number of amides is 7. The highest BCUT2D eigenvalue weighted by molar-refractivity contribution is 6.03. The van der Waals surface area contributed by atoms with Crippen LogP contribution in [0.2, 0.25) is 0 Å². The number of Topliss-reactive ketones (excluding diaryl/α,β-unsaturated/α-hetero) is 2. The van der Waals surface area contributed by atoms with Crippen molar-refractivity contribution in [2.24, 2.45) is 40.2 Å². The standard InChI is InChI=1S/C90H119F2N11O21/c1-7-13-80-123-76-53-68-69-52-71(91)70-51-64(104)29-31-87(70,4)89(69,92)74(106)54-88(68,5)90(76,124-80)75(107)57-121-65-25-23-63(24-26-65)98-86(113)122-56-59-19-21-62(22-20-59)97-84(111)60(15-12-32-96-85(93)112)50-73(105)81(58(2)3)99-78(109)30-36-114-40-44-118-48-49-120-46-42-116-38-34-95-77(108)27-28-79(110)102-55-61-14-8-9-16-66(61)82-83(67-17-10-11-18-72(67)102)103(101-100-82)35-39-117-43-47-119-45-41-115-37-33-94-6/h8-11,14,16-26,29,31,51,58,60,68-69,71,74,76,80-81,94,106H,7,12-13,15,27-28,30,32-50,52-57H2,1-6H3,(H,95,108)(H,97,111)(H,98,113)(H,99,109)(H3,93,96,112)/t60-,68+,69+,71+,74+,76-,80?,81+,87+,88+,89+,90-/m1/s1. The number of aromatic nitrogens is 3. The molecule has 34 heteroatoms. The molecule has 1 saturated heterocycles. The Bertz CT molecular complexity index is 4520. The zero-order valence-electron chi connectivity index (χ0n) is 71.5. The molecule has 4 fully saturated rings. The Labute approximate surface area is 721 Å². The highest BCUT2D eigenvalue weighted by Crippen LogP contribution is 2.72. The number of rotatable bonds is 50. The number of allylic oxidation sites excluding steroid dienone is 4. The molecule has 674 valence electrons. The molecule has 32 nitrogen and oxygen atoms in total.